The summed E-state index contributed by atoms with van der Waals surface area (Å²) in [7, 11) is 0. The number of fused-ring (bicyclic) bond motifs is 2. The molecule has 10 nitrogen and oxygen atoms in total. The third-order valence-electron chi connectivity index (χ3n) is 8.36. The smallest absolute Gasteiger partial charge is 0.257 e. The Kier molecular flexibility index (Phi) is 13.4. The topological polar surface area (TPSA) is 148 Å². The number of nitrogens with one attached hydrogen (secondary N) is 2. The average Bonchev–Trinajstić information content (AvgIpc) is 3.21. The molecule has 4 N–H and O–H groups in total. The second-order valence-corrected chi connectivity index (χ2v) is 14.5. The van der Waals surface area contributed by atoms with Gasteiger partial charge in [-0.2, -0.15) is 0 Å². The van der Waals surface area contributed by atoms with Crippen molar-refractivity contribution in [2.75, 3.05) is 10.6 Å². The summed E-state index contributed by atoms with van der Waals surface area (Å²) in [5.41, 5.74) is 0.418. The third kappa shape index (κ3) is 9.13. The SMILES string of the molecule is CC.O=C(Nc1cc2ccccc2c(N=Nc2cc(Cl)ccc2Cl)c1O)c1cc(Cl)c(C(=O)Nc2cc3ccccc3c(N=Nc3cc(Cl)ccc3Cl)c2O)cc1Cl. The molecule has 0 aliphatic heterocycles. The molecule has 16 heteroatoms. The number of carbonyl (C=O) groups excluding carboxylic acids is 2. The van der Waals surface area contributed by atoms with Gasteiger partial charge in [-0.15, -0.1) is 20.5 Å². The van der Waals surface area contributed by atoms with Crippen LogP contribution in [0.3, 0.4) is 0 Å². The van der Waals surface area contributed by atoms with E-state index in [9.17, 15) is 19.8 Å². The number of hydrogen-bond donors (Lipinski definition) is 4. The van der Waals surface area contributed by atoms with Crippen LogP contribution in [0, 0.1) is 0 Å². The van der Waals surface area contributed by atoms with E-state index in [1.54, 1.807) is 84.9 Å². The van der Waals surface area contributed by atoms with E-state index in [0.29, 0.717) is 31.6 Å². The Morgan fingerprint density at radius 2 is 0.862 bits per heavy atom. The van der Waals surface area contributed by atoms with Crippen molar-refractivity contribution in [1.82, 2.24) is 0 Å². The lowest BCUT2D eigenvalue weighted by Crippen LogP contribution is -2.16. The Bertz CT molecular complexity index is 2630. The van der Waals surface area contributed by atoms with Gasteiger partial charge in [0.2, 0.25) is 0 Å². The monoisotopic (exact) mass is 890 g/mol. The Labute approximate surface area is 361 Å². The second-order valence-electron chi connectivity index (χ2n) is 12.0. The van der Waals surface area contributed by atoms with Crippen LogP contribution in [-0.2, 0) is 0 Å². The molecule has 0 heterocycles. The number of nitrogens with zero attached hydrogens (tertiary/aromatic N) is 4. The van der Waals surface area contributed by atoms with Gasteiger partial charge in [0.25, 0.3) is 11.8 Å². The highest BCUT2D eigenvalue weighted by Gasteiger charge is 2.23. The van der Waals surface area contributed by atoms with E-state index < -0.39 is 11.8 Å². The minimum Gasteiger partial charge on any atom is -0.504 e. The molecule has 0 aliphatic carbocycles. The number of carbonyl (C=O) groups is 2. The largest absolute Gasteiger partial charge is 0.504 e. The number of phenols is 2. The molecule has 7 aromatic rings. The van der Waals surface area contributed by atoms with Crippen LogP contribution in [0.4, 0.5) is 34.1 Å². The zero-order valence-corrected chi connectivity index (χ0v) is 34.7. The number of rotatable bonds is 8. The summed E-state index contributed by atoms with van der Waals surface area (Å²) in [5, 5.41) is 48.2. The molecule has 0 atom stereocenters. The number of phenolic OH excluding ortho intramolecular Hbond substituents is 2. The van der Waals surface area contributed by atoms with Crippen molar-refractivity contribution < 1.29 is 19.8 Å². The number of hydrogen-bond acceptors (Lipinski definition) is 8. The molecule has 0 unspecified atom stereocenters. The molecule has 0 saturated carbocycles. The van der Waals surface area contributed by atoms with E-state index in [4.69, 9.17) is 69.6 Å². The fraction of sp³-hybridized carbons (Fsp3) is 0.0476. The van der Waals surface area contributed by atoms with Gasteiger partial charge in [0.05, 0.1) is 42.6 Å². The minimum absolute atomic E-state index is 0.00813. The first-order chi connectivity index (χ1) is 27.9. The summed E-state index contributed by atoms with van der Waals surface area (Å²) in [5.74, 6) is -2.28. The van der Waals surface area contributed by atoms with Crippen molar-refractivity contribution in [3.05, 3.63) is 150 Å². The third-order valence-corrected chi connectivity index (χ3v) is 10.1. The van der Waals surface area contributed by atoms with Gasteiger partial charge in [-0.25, -0.2) is 0 Å². The molecular weight excluding hydrogens is 865 g/mol. The molecule has 0 aromatic heterocycles. The summed E-state index contributed by atoms with van der Waals surface area (Å²) < 4.78 is 0. The summed E-state index contributed by atoms with van der Waals surface area (Å²) in [6.45, 7) is 4.00. The standard InChI is InChI=1S/C40H22Cl6N6O4.C2H6/c41-21-9-11-27(43)31(15-21)49-51-35-23-7-3-1-5-19(23)13-33(37(35)53)47-39(55)25-17-30(46)26(18-29(25)45)40(56)48-34-14-20-6-2-4-8-24(20)36(38(34)54)52-50-32-16-22(42)10-12-28(32)44;1-2/h1-18,53-54H,(H,47,55)(H,48,56);1-2H3. The fourth-order valence-corrected chi connectivity index (χ4v) is 6.78. The van der Waals surface area contributed by atoms with Crippen LogP contribution in [0.15, 0.2) is 130 Å². The van der Waals surface area contributed by atoms with Gasteiger partial charge in [0, 0.05) is 20.8 Å². The van der Waals surface area contributed by atoms with Crippen molar-refractivity contribution in [1.29, 1.82) is 0 Å². The molecule has 292 valence electrons. The van der Waals surface area contributed by atoms with Crippen LogP contribution in [0.2, 0.25) is 30.1 Å². The van der Waals surface area contributed by atoms with Crippen LogP contribution in [-0.4, -0.2) is 22.0 Å². The summed E-state index contributed by atoms with van der Waals surface area (Å²) in [6, 6.07) is 29.0. The van der Waals surface area contributed by atoms with E-state index in [-0.39, 0.29) is 76.8 Å². The lowest BCUT2D eigenvalue weighted by atomic mass is 10.1. The molecule has 0 saturated heterocycles. The minimum atomic E-state index is -0.753. The van der Waals surface area contributed by atoms with E-state index in [1.807, 2.05) is 13.8 Å². The van der Waals surface area contributed by atoms with Crippen LogP contribution in [0.1, 0.15) is 34.6 Å². The molecular formula is C42H28Cl6N6O4. The highest BCUT2D eigenvalue weighted by atomic mass is 35.5. The molecule has 0 spiro atoms. The van der Waals surface area contributed by atoms with Gasteiger partial charge in [-0.1, -0.05) is 132 Å². The molecule has 7 rings (SSSR count). The molecule has 0 aliphatic rings. The zero-order valence-electron chi connectivity index (χ0n) is 30.2. The van der Waals surface area contributed by atoms with Crippen LogP contribution < -0.4 is 10.6 Å². The normalized spacial score (nSPS) is 11.2. The summed E-state index contributed by atoms with van der Waals surface area (Å²) in [4.78, 5) is 27.2. The van der Waals surface area contributed by atoms with Gasteiger partial charge in [0.15, 0.2) is 11.5 Å². The number of amides is 2. The van der Waals surface area contributed by atoms with E-state index in [2.05, 4.69) is 31.1 Å². The van der Waals surface area contributed by atoms with Crippen molar-refractivity contribution in [3.63, 3.8) is 0 Å². The van der Waals surface area contributed by atoms with Crippen molar-refractivity contribution >= 4 is 137 Å². The van der Waals surface area contributed by atoms with Gasteiger partial charge in [-0.05, 0) is 71.4 Å². The maximum absolute atomic E-state index is 13.6. The number of benzene rings is 7. The maximum Gasteiger partial charge on any atom is 0.257 e. The van der Waals surface area contributed by atoms with Crippen molar-refractivity contribution in [2.45, 2.75) is 13.8 Å². The lowest BCUT2D eigenvalue weighted by Gasteiger charge is -2.15. The van der Waals surface area contributed by atoms with Crippen molar-refractivity contribution in [3.8, 4) is 11.5 Å². The first-order valence-electron chi connectivity index (χ1n) is 17.2. The lowest BCUT2D eigenvalue weighted by molar-refractivity contribution is 0.101. The number of azo groups is 2. The van der Waals surface area contributed by atoms with E-state index >= 15 is 0 Å². The molecule has 0 bridgehead atoms. The first kappa shape index (κ1) is 42.2. The highest BCUT2D eigenvalue weighted by molar-refractivity contribution is 6.39. The van der Waals surface area contributed by atoms with Crippen LogP contribution >= 0.6 is 69.6 Å². The fourth-order valence-electron chi connectivity index (χ4n) is 5.63. The first-order valence-corrected chi connectivity index (χ1v) is 19.5. The maximum atomic E-state index is 13.6. The van der Waals surface area contributed by atoms with E-state index in [0.717, 1.165) is 0 Å². The van der Waals surface area contributed by atoms with Gasteiger partial charge in [0.1, 0.15) is 22.7 Å². The van der Waals surface area contributed by atoms with Gasteiger partial charge < -0.3 is 20.8 Å². The quantitative estimate of drug-likeness (QED) is 0.0888. The Morgan fingerprint density at radius 1 is 0.483 bits per heavy atom. The molecule has 58 heavy (non-hydrogen) atoms. The predicted molar refractivity (Wildman–Crippen MR) is 236 cm³/mol. The Hall–Kier alpha value is -5.46. The van der Waals surface area contributed by atoms with Gasteiger partial charge >= 0.3 is 0 Å². The summed E-state index contributed by atoms with van der Waals surface area (Å²) in [6.07, 6.45) is 0. The second kappa shape index (κ2) is 18.4. The molecule has 7 aromatic carbocycles. The van der Waals surface area contributed by atoms with Crippen LogP contribution in [0.25, 0.3) is 21.5 Å². The number of anilines is 2. The number of halogens is 6. The number of aromatic hydroxyl groups is 2. The summed E-state index contributed by atoms with van der Waals surface area (Å²) >= 11 is 37.8. The molecule has 2 amide bonds. The Morgan fingerprint density at radius 3 is 1.26 bits per heavy atom. The molecule has 0 radical (unpaired) electrons. The van der Waals surface area contributed by atoms with Crippen molar-refractivity contribution in [2.24, 2.45) is 20.5 Å². The highest BCUT2D eigenvalue weighted by Crippen LogP contribution is 2.45. The predicted octanol–water partition coefficient (Wildman–Crippen LogP) is 15.7. The van der Waals surface area contributed by atoms with Gasteiger partial charge in [-0.3, -0.25) is 9.59 Å². The average molecular weight is 893 g/mol. The molecule has 0 fully saturated rings. The van der Waals surface area contributed by atoms with Crippen LogP contribution in [0.5, 0.6) is 11.5 Å². The zero-order chi connectivity index (χ0) is 41.7. The van der Waals surface area contributed by atoms with E-state index in [1.165, 1.54) is 24.3 Å². The Balaban J connectivity index is 0.00000279.